The Hall–Kier alpha value is -4.71. The number of benzene rings is 3. The zero-order valence-corrected chi connectivity index (χ0v) is 23.3. The van der Waals surface area contributed by atoms with E-state index in [1.165, 1.54) is 33.1 Å². The smallest absolute Gasteiger partial charge is 0.251 e. The van der Waals surface area contributed by atoms with Crippen LogP contribution in [0.4, 0.5) is 5.69 Å². The highest BCUT2D eigenvalue weighted by Gasteiger charge is 2.20. The fourth-order valence-electron chi connectivity index (χ4n) is 3.82. The van der Waals surface area contributed by atoms with Crippen molar-refractivity contribution >= 4 is 29.3 Å². The zero-order valence-electron chi connectivity index (χ0n) is 22.5. The van der Waals surface area contributed by atoms with Crippen molar-refractivity contribution in [3.8, 4) is 28.7 Å². The Balaban J connectivity index is 1.49. The van der Waals surface area contributed by atoms with Crippen molar-refractivity contribution in [1.29, 1.82) is 0 Å². The van der Waals surface area contributed by atoms with E-state index >= 15 is 0 Å². The summed E-state index contributed by atoms with van der Waals surface area (Å²) in [5.74, 6) is 1.86. The number of nitrogens with zero attached hydrogens (tertiary/aromatic N) is 3. The van der Waals surface area contributed by atoms with Crippen LogP contribution in [0, 0.1) is 0 Å². The Bertz CT molecular complexity index is 1440. The molecule has 0 radical (unpaired) electrons. The zero-order chi connectivity index (χ0) is 28.5. The van der Waals surface area contributed by atoms with Crippen LogP contribution in [-0.4, -0.2) is 60.8 Å². The molecule has 4 rings (SSSR count). The topological polar surface area (TPSA) is 126 Å². The molecule has 1 aromatic heterocycles. The quantitative estimate of drug-likeness (QED) is 0.246. The van der Waals surface area contributed by atoms with Gasteiger partial charge >= 0.3 is 0 Å². The molecule has 208 valence electrons. The molecule has 0 saturated carbocycles. The Morgan fingerprint density at radius 1 is 0.850 bits per heavy atom. The number of amides is 2. The second-order valence-electron chi connectivity index (χ2n) is 8.23. The molecule has 11 nitrogen and oxygen atoms in total. The van der Waals surface area contributed by atoms with Crippen LogP contribution in [0.5, 0.6) is 23.0 Å². The van der Waals surface area contributed by atoms with Crippen molar-refractivity contribution in [1.82, 2.24) is 20.1 Å². The summed E-state index contributed by atoms with van der Waals surface area (Å²) in [5.41, 5.74) is 1.78. The molecule has 0 aliphatic rings. The van der Waals surface area contributed by atoms with Gasteiger partial charge in [-0.2, -0.15) is 0 Å². The summed E-state index contributed by atoms with van der Waals surface area (Å²) in [4.78, 5) is 25.7. The van der Waals surface area contributed by atoms with Crippen molar-refractivity contribution in [2.75, 3.05) is 39.5 Å². The number of carbonyl (C=O) groups is 2. The predicted molar refractivity (Wildman–Crippen MR) is 151 cm³/mol. The van der Waals surface area contributed by atoms with Gasteiger partial charge in [0.25, 0.3) is 5.91 Å². The first-order chi connectivity index (χ1) is 19.5. The SMILES string of the molecule is COc1ccc(NC(=O)CSc2nnc(CNC(=O)c3cc(OC)c(OC)c(OC)c3)n2-c2ccccc2)cc1. The summed E-state index contributed by atoms with van der Waals surface area (Å²) in [6.07, 6.45) is 0. The van der Waals surface area contributed by atoms with Gasteiger partial charge in [0, 0.05) is 16.9 Å². The molecule has 40 heavy (non-hydrogen) atoms. The Morgan fingerprint density at radius 3 is 2.12 bits per heavy atom. The lowest BCUT2D eigenvalue weighted by atomic mass is 10.1. The van der Waals surface area contributed by atoms with E-state index in [1.54, 1.807) is 48.1 Å². The minimum absolute atomic E-state index is 0.0794. The molecule has 0 bridgehead atoms. The molecule has 2 N–H and O–H groups in total. The molecule has 1 heterocycles. The van der Waals surface area contributed by atoms with Gasteiger partial charge in [0.1, 0.15) is 5.75 Å². The number of carbonyl (C=O) groups excluding carboxylic acids is 2. The fraction of sp³-hybridized carbons (Fsp3) is 0.214. The van der Waals surface area contributed by atoms with Gasteiger partial charge in [0.2, 0.25) is 11.7 Å². The molecule has 12 heteroatoms. The number of para-hydroxylation sites is 1. The van der Waals surface area contributed by atoms with E-state index in [2.05, 4.69) is 20.8 Å². The van der Waals surface area contributed by atoms with E-state index in [-0.39, 0.29) is 24.1 Å². The second kappa shape index (κ2) is 13.4. The predicted octanol–water partition coefficient (Wildman–Crippen LogP) is 3.96. The number of thioether (sulfide) groups is 1. The Morgan fingerprint density at radius 2 is 1.52 bits per heavy atom. The fourth-order valence-corrected chi connectivity index (χ4v) is 4.59. The van der Waals surface area contributed by atoms with E-state index in [4.69, 9.17) is 18.9 Å². The summed E-state index contributed by atoms with van der Waals surface area (Å²) >= 11 is 1.24. The molecule has 0 saturated heterocycles. The van der Waals surface area contributed by atoms with Crippen molar-refractivity contribution in [3.63, 3.8) is 0 Å². The lowest BCUT2D eigenvalue weighted by Crippen LogP contribution is -2.25. The second-order valence-corrected chi connectivity index (χ2v) is 9.17. The number of hydrogen-bond acceptors (Lipinski definition) is 9. The molecular weight excluding hydrogens is 534 g/mol. The molecule has 4 aromatic rings. The van der Waals surface area contributed by atoms with Gasteiger partial charge in [0.15, 0.2) is 22.5 Å². The molecule has 0 fully saturated rings. The van der Waals surface area contributed by atoms with Gasteiger partial charge < -0.3 is 29.6 Å². The van der Waals surface area contributed by atoms with Crippen molar-refractivity contribution < 1.29 is 28.5 Å². The first-order valence-corrected chi connectivity index (χ1v) is 13.1. The highest BCUT2D eigenvalue weighted by molar-refractivity contribution is 7.99. The molecule has 2 amide bonds. The monoisotopic (exact) mass is 563 g/mol. The number of hydrogen-bond donors (Lipinski definition) is 2. The van der Waals surface area contributed by atoms with E-state index in [1.807, 2.05) is 30.3 Å². The first kappa shape index (κ1) is 28.3. The summed E-state index contributed by atoms with van der Waals surface area (Å²) in [6, 6.07) is 19.7. The summed E-state index contributed by atoms with van der Waals surface area (Å²) in [6.45, 7) is 0.0794. The molecular formula is C28H29N5O6S. The minimum atomic E-state index is -0.366. The summed E-state index contributed by atoms with van der Waals surface area (Å²) < 4.78 is 23.0. The molecule has 0 spiro atoms. The highest BCUT2D eigenvalue weighted by atomic mass is 32.2. The maximum Gasteiger partial charge on any atom is 0.251 e. The first-order valence-electron chi connectivity index (χ1n) is 12.1. The van der Waals surface area contributed by atoms with Gasteiger partial charge in [-0.25, -0.2) is 0 Å². The van der Waals surface area contributed by atoms with Crippen LogP contribution in [0.15, 0.2) is 71.9 Å². The third-order valence-corrected chi connectivity index (χ3v) is 6.68. The number of methoxy groups -OCH3 is 4. The third kappa shape index (κ3) is 6.64. The molecule has 0 unspecified atom stereocenters. The maximum atomic E-state index is 13.1. The minimum Gasteiger partial charge on any atom is -0.497 e. The van der Waals surface area contributed by atoms with Gasteiger partial charge in [-0.05, 0) is 48.5 Å². The summed E-state index contributed by atoms with van der Waals surface area (Å²) in [7, 11) is 6.05. The van der Waals surface area contributed by atoms with Crippen molar-refractivity contribution in [3.05, 3.63) is 78.1 Å². The number of rotatable bonds is 12. The van der Waals surface area contributed by atoms with Gasteiger partial charge in [-0.1, -0.05) is 30.0 Å². The summed E-state index contributed by atoms with van der Waals surface area (Å²) in [5, 5.41) is 14.8. The Labute approximate surface area is 235 Å². The van der Waals surface area contributed by atoms with E-state index in [0.29, 0.717) is 45.2 Å². The maximum absolute atomic E-state index is 13.1. The lowest BCUT2D eigenvalue weighted by Gasteiger charge is -2.14. The molecule has 0 aliphatic carbocycles. The van der Waals surface area contributed by atoms with Crippen LogP contribution in [0.2, 0.25) is 0 Å². The van der Waals surface area contributed by atoms with E-state index in [0.717, 1.165) is 5.69 Å². The van der Waals surface area contributed by atoms with Crippen LogP contribution in [0.1, 0.15) is 16.2 Å². The number of aromatic nitrogens is 3. The average Bonchev–Trinajstić information content (AvgIpc) is 3.41. The van der Waals surface area contributed by atoms with Crippen molar-refractivity contribution in [2.45, 2.75) is 11.7 Å². The Kier molecular flexibility index (Phi) is 9.47. The van der Waals surface area contributed by atoms with Crippen LogP contribution >= 0.6 is 11.8 Å². The number of ether oxygens (including phenoxy) is 4. The molecule has 0 atom stereocenters. The molecule has 3 aromatic carbocycles. The van der Waals surface area contributed by atoms with Crippen LogP contribution in [-0.2, 0) is 11.3 Å². The van der Waals surface area contributed by atoms with Gasteiger partial charge in [-0.15, -0.1) is 10.2 Å². The van der Waals surface area contributed by atoms with Crippen LogP contribution < -0.4 is 29.6 Å². The third-order valence-electron chi connectivity index (χ3n) is 5.75. The van der Waals surface area contributed by atoms with Crippen LogP contribution in [0.3, 0.4) is 0 Å². The van der Waals surface area contributed by atoms with Gasteiger partial charge in [0.05, 0.1) is 40.7 Å². The number of nitrogens with one attached hydrogen (secondary N) is 2. The molecule has 0 aliphatic heterocycles. The normalized spacial score (nSPS) is 10.5. The lowest BCUT2D eigenvalue weighted by molar-refractivity contribution is -0.113. The average molecular weight is 564 g/mol. The van der Waals surface area contributed by atoms with Crippen molar-refractivity contribution in [2.24, 2.45) is 0 Å². The standard InChI is InChI=1S/C28H29N5O6S/c1-36-21-12-10-19(11-13-21)30-25(34)17-40-28-32-31-24(33(28)20-8-6-5-7-9-20)16-29-27(35)18-14-22(37-2)26(39-4)23(15-18)38-3/h5-15H,16-17H2,1-4H3,(H,29,35)(H,30,34). The van der Waals surface area contributed by atoms with E-state index < -0.39 is 0 Å². The largest absolute Gasteiger partial charge is 0.497 e. The number of anilines is 1. The van der Waals surface area contributed by atoms with Gasteiger partial charge in [-0.3, -0.25) is 14.2 Å². The van der Waals surface area contributed by atoms with Crippen LogP contribution in [0.25, 0.3) is 5.69 Å². The van der Waals surface area contributed by atoms with E-state index in [9.17, 15) is 9.59 Å². The highest BCUT2D eigenvalue weighted by Crippen LogP contribution is 2.38.